The van der Waals surface area contributed by atoms with E-state index in [4.69, 9.17) is 18.9 Å². The van der Waals surface area contributed by atoms with Crippen LogP contribution < -0.4 is 14.2 Å². The van der Waals surface area contributed by atoms with Gasteiger partial charge in [0.2, 0.25) is 0 Å². The summed E-state index contributed by atoms with van der Waals surface area (Å²) in [5.74, 6) is 1.50. The highest BCUT2D eigenvalue weighted by Crippen LogP contribution is 2.33. The van der Waals surface area contributed by atoms with E-state index in [1.165, 1.54) is 6.08 Å². The molecule has 0 unspecified atom stereocenters. The summed E-state index contributed by atoms with van der Waals surface area (Å²) in [5, 5.41) is 0. The second kappa shape index (κ2) is 9.13. The maximum atomic E-state index is 11.9. The quantitative estimate of drug-likeness (QED) is 0.508. The molecule has 0 atom stereocenters. The minimum atomic E-state index is -0.433. The Hall–Kier alpha value is -2.47. The highest BCUT2D eigenvalue weighted by molar-refractivity contribution is 9.10. The van der Waals surface area contributed by atoms with E-state index in [1.54, 1.807) is 39.5 Å². The molecule has 0 radical (unpaired) electrons. The molecule has 0 aliphatic rings. The minimum absolute atomic E-state index is 0.118. The average Bonchev–Trinajstić information content (AvgIpc) is 2.65. The van der Waals surface area contributed by atoms with E-state index in [2.05, 4.69) is 15.9 Å². The fourth-order valence-electron chi connectivity index (χ4n) is 2.08. The van der Waals surface area contributed by atoms with Crippen molar-refractivity contribution in [3.05, 3.63) is 58.1 Å². The molecule has 0 aliphatic carbocycles. The van der Waals surface area contributed by atoms with Gasteiger partial charge >= 0.3 is 5.97 Å². The molecule has 0 saturated heterocycles. The summed E-state index contributed by atoms with van der Waals surface area (Å²) in [6.45, 7) is 0.118. The first-order chi connectivity index (χ1) is 12.1. The number of carbonyl (C=O) groups is 1. The van der Waals surface area contributed by atoms with E-state index >= 15 is 0 Å². The van der Waals surface area contributed by atoms with Gasteiger partial charge in [-0.15, -0.1) is 0 Å². The lowest BCUT2D eigenvalue weighted by molar-refractivity contribution is -0.138. The van der Waals surface area contributed by atoms with Crippen LogP contribution in [0.15, 0.2) is 46.9 Å². The number of hydrogen-bond acceptors (Lipinski definition) is 5. The molecule has 2 aromatic rings. The number of ether oxygens (including phenoxy) is 4. The highest BCUT2D eigenvalue weighted by Gasteiger charge is 2.10. The van der Waals surface area contributed by atoms with Gasteiger partial charge in [0.1, 0.15) is 12.4 Å². The van der Waals surface area contributed by atoms with Crippen LogP contribution in [0.3, 0.4) is 0 Å². The molecule has 2 aromatic carbocycles. The summed E-state index contributed by atoms with van der Waals surface area (Å²) in [6, 6.07) is 10.9. The normalized spacial score (nSPS) is 10.6. The Bertz CT molecular complexity index is 753. The van der Waals surface area contributed by atoms with Crippen LogP contribution >= 0.6 is 15.9 Å². The van der Waals surface area contributed by atoms with Gasteiger partial charge in [-0.1, -0.05) is 28.1 Å². The first-order valence-corrected chi connectivity index (χ1v) is 8.26. The largest absolute Gasteiger partial charge is 0.497 e. The monoisotopic (exact) mass is 406 g/mol. The van der Waals surface area contributed by atoms with Crippen molar-refractivity contribution in [2.45, 2.75) is 6.61 Å². The van der Waals surface area contributed by atoms with Gasteiger partial charge in [-0.2, -0.15) is 0 Å². The van der Waals surface area contributed by atoms with Crippen molar-refractivity contribution < 1.29 is 23.7 Å². The molecule has 2 rings (SSSR count). The molecule has 0 heterocycles. The minimum Gasteiger partial charge on any atom is -0.497 e. The van der Waals surface area contributed by atoms with Crippen molar-refractivity contribution in [2.75, 3.05) is 21.3 Å². The molecule has 0 bridgehead atoms. The van der Waals surface area contributed by atoms with Crippen molar-refractivity contribution in [3.63, 3.8) is 0 Å². The lowest BCUT2D eigenvalue weighted by atomic mass is 10.2. The summed E-state index contributed by atoms with van der Waals surface area (Å²) in [6.07, 6.45) is 3.07. The number of benzene rings is 2. The zero-order chi connectivity index (χ0) is 18.2. The van der Waals surface area contributed by atoms with E-state index in [0.717, 1.165) is 21.3 Å². The molecule has 5 nitrogen and oxygen atoms in total. The molecule has 0 aromatic heterocycles. The molecule has 6 heteroatoms. The van der Waals surface area contributed by atoms with Crippen LogP contribution in [0.4, 0.5) is 0 Å². The summed E-state index contributed by atoms with van der Waals surface area (Å²) < 4.78 is 21.6. The maximum absolute atomic E-state index is 11.9. The van der Waals surface area contributed by atoms with Gasteiger partial charge in [-0.3, -0.25) is 0 Å². The van der Waals surface area contributed by atoms with Crippen molar-refractivity contribution in [1.82, 2.24) is 0 Å². The van der Waals surface area contributed by atoms with Crippen LogP contribution in [-0.4, -0.2) is 27.3 Å². The molecule has 0 amide bonds. The van der Waals surface area contributed by atoms with Crippen LogP contribution in [0, 0.1) is 0 Å². The second-order valence-electron chi connectivity index (χ2n) is 5.01. The van der Waals surface area contributed by atoms with Crippen LogP contribution in [-0.2, 0) is 16.1 Å². The lowest BCUT2D eigenvalue weighted by Gasteiger charge is -2.11. The van der Waals surface area contributed by atoms with E-state index in [1.807, 2.05) is 24.3 Å². The number of esters is 1. The molecule has 0 aliphatic heterocycles. The predicted molar refractivity (Wildman–Crippen MR) is 99.1 cm³/mol. The van der Waals surface area contributed by atoms with Crippen molar-refractivity contribution >= 4 is 28.0 Å². The van der Waals surface area contributed by atoms with E-state index in [9.17, 15) is 4.79 Å². The van der Waals surface area contributed by atoms with Gasteiger partial charge in [0.25, 0.3) is 0 Å². The third-order valence-electron chi connectivity index (χ3n) is 3.45. The molecule has 0 saturated carbocycles. The van der Waals surface area contributed by atoms with E-state index in [-0.39, 0.29) is 6.61 Å². The van der Waals surface area contributed by atoms with Crippen LogP contribution in [0.2, 0.25) is 0 Å². The Labute approximate surface area is 155 Å². The maximum Gasteiger partial charge on any atom is 0.331 e. The van der Waals surface area contributed by atoms with E-state index < -0.39 is 5.97 Å². The SMILES string of the molecule is COc1ccc(/C=C/C(=O)OCc2cc(OC)c(OC)cc2Br)cc1. The van der Waals surface area contributed by atoms with Crippen molar-refractivity contribution in [3.8, 4) is 17.2 Å². The fourth-order valence-corrected chi connectivity index (χ4v) is 2.52. The van der Waals surface area contributed by atoms with Gasteiger partial charge in [-0.05, 0) is 35.9 Å². The Morgan fingerprint density at radius 1 is 1.00 bits per heavy atom. The average molecular weight is 407 g/mol. The molecule has 132 valence electrons. The fraction of sp³-hybridized carbons (Fsp3) is 0.211. The summed E-state index contributed by atoms with van der Waals surface area (Å²) in [7, 11) is 4.72. The summed E-state index contributed by atoms with van der Waals surface area (Å²) in [5.41, 5.74) is 1.66. The highest BCUT2D eigenvalue weighted by atomic mass is 79.9. The number of carbonyl (C=O) groups excluding carboxylic acids is 1. The van der Waals surface area contributed by atoms with Crippen molar-refractivity contribution in [1.29, 1.82) is 0 Å². The third kappa shape index (κ3) is 5.26. The number of rotatable bonds is 7. The first-order valence-electron chi connectivity index (χ1n) is 7.46. The number of methoxy groups -OCH3 is 3. The summed E-state index contributed by atoms with van der Waals surface area (Å²) >= 11 is 3.43. The van der Waals surface area contributed by atoms with Crippen LogP contribution in [0.5, 0.6) is 17.2 Å². The topological polar surface area (TPSA) is 54.0 Å². The second-order valence-corrected chi connectivity index (χ2v) is 5.87. The van der Waals surface area contributed by atoms with Crippen LogP contribution in [0.1, 0.15) is 11.1 Å². The van der Waals surface area contributed by atoms with Crippen LogP contribution in [0.25, 0.3) is 6.08 Å². The zero-order valence-electron chi connectivity index (χ0n) is 14.2. The van der Waals surface area contributed by atoms with Gasteiger partial charge in [-0.25, -0.2) is 4.79 Å². The van der Waals surface area contributed by atoms with Crippen molar-refractivity contribution in [2.24, 2.45) is 0 Å². The molecule has 0 N–H and O–H groups in total. The Morgan fingerprint density at radius 2 is 1.64 bits per heavy atom. The number of halogens is 1. The Kier molecular flexibility index (Phi) is 6.89. The summed E-state index contributed by atoms with van der Waals surface area (Å²) in [4.78, 5) is 11.9. The zero-order valence-corrected chi connectivity index (χ0v) is 15.8. The van der Waals surface area contributed by atoms with Gasteiger partial charge < -0.3 is 18.9 Å². The molecule has 0 spiro atoms. The van der Waals surface area contributed by atoms with E-state index in [0.29, 0.717) is 11.5 Å². The van der Waals surface area contributed by atoms with Gasteiger partial charge in [0.05, 0.1) is 21.3 Å². The van der Waals surface area contributed by atoms with Gasteiger partial charge in [0.15, 0.2) is 11.5 Å². The molecule has 0 fully saturated rings. The molecule has 25 heavy (non-hydrogen) atoms. The third-order valence-corrected chi connectivity index (χ3v) is 4.19. The Balaban J connectivity index is 1.98. The first kappa shape index (κ1) is 18.9. The lowest BCUT2D eigenvalue weighted by Crippen LogP contribution is -2.02. The Morgan fingerprint density at radius 3 is 2.24 bits per heavy atom. The number of hydrogen-bond donors (Lipinski definition) is 0. The molecular formula is C19H19BrO5. The smallest absolute Gasteiger partial charge is 0.331 e. The molecular weight excluding hydrogens is 388 g/mol. The van der Waals surface area contributed by atoms with Gasteiger partial charge in [0, 0.05) is 16.1 Å². The standard InChI is InChI=1S/C19H19BrO5/c1-22-15-7-4-13(5-8-15)6-9-19(21)25-12-14-10-17(23-2)18(24-3)11-16(14)20/h4-11H,12H2,1-3H3/b9-6+. The predicted octanol–water partition coefficient (Wildman–Crippen LogP) is 4.23.